The fourth-order valence-electron chi connectivity index (χ4n) is 4.13. The molecule has 1 aliphatic carbocycles. The number of benzene rings is 1. The first-order valence-corrected chi connectivity index (χ1v) is 9.06. The Morgan fingerprint density at radius 1 is 1.15 bits per heavy atom. The van der Waals surface area contributed by atoms with Gasteiger partial charge in [0.25, 0.3) is 0 Å². The van der Waals surface area contributed by atoms with E-state index >= 15 is 4.39 Å². The third kappa shape index (κ3) is 1.88. The van der Waals surface area contributed by atoms with Crippen molar-refractivity contribution in [3.05, 3.63) is 47.5 Å². The highest BCUT2D eigenvalue weighted by molar-refractivity contribution is 6.15. The summed E-state index contributed by atoms with van der Waals surface area (Å²) >= 11 is 0. The molecule has 1 fully saturated rings. The highest BCUT2D eigenvalue weighted by Gasteiger charge is 2.36. The fourth-order valence-corrected chi connectivity index (χ4v) is 4.13. The molecule has 0 saturated heterocycles. The van der Waals surface area contributed by atoms with Crippen molar-refractivity contribution in [3.8, 4) is 11.3 Å². The molecule has 3 aliphatic rings. The van der Waals surface area contributed by atoms with Crippen molar-refractivity contribution in [2.45, 2.75) is 31.7 Å². The molecule has 1 N–H and O–H groups in total. The van der Waals surface area contributed by atoms with Crippen LogP contribution in [0.2, 0.25) is 0 Å². The molecule has 0 spiro atoms. The minimum absolute atomic E-state index is 0.210. The molecular weight excluding hydrogens is 331 g/mol. The average Bonchev–Trinajstić information content (AvgIpc) is 3.28. The van der Waals surface area contributed by atoms with E-state index in [4.69, 9.17) is 4.99 Å². The molecule has 0 unspecified atom stereocenters. The Morgan fingerprint density at radius 2 is 2.08 bits per heavy atom. The summed E-state index contributed by atoms with van der Waals surface area (Å²) in [4.78, 5) is 7.01. The number of aryl methyl sites for hydroxylation is 1. The summed E-state index contributed by atoms with van der Waals surface area (Å²) in [5, 5.41) is 11.7. The molecular formula is C19H17FN6. The Kier molecular flexibility index (Phi) is 2.75. The lowest BCUT2D eigenvalue weighted by atomic mass is 10.0. The molecule has 1 saturated carbocycles. The lowest BCUT2D eigenvalue weighted by Crippen LogP contribution is -2.39. The Balaban J connectivity index is 1.66. The highest BCUT2D eigenvalue weighted by Crippen LogP contribution is 2.45. The van der Waals surface area contributed by atoms with Gasteiger partial charge in [0, 0.05) is 13.1 Å². The van der Waals surface area contributed by atoms with Crippen LogP contribution in [-0.2, 0) is 6.54 Å². The molecule has 2 aromatic heterocycles. The SMILES string of the molecule is Fc1cccc(C2CC2)c1C1=Nc2cn[nH]c2-c2cnn3c2N1CCC3. The molecule has 7 heteroatoms. The molecule has 0 radical (unpaired) electrons. The second kappa shape index (κ2) is 5.03. The maximum atomic E-state index is 15.0. The van der Waals surface area contributed by atoms with E-state index in [0.717, 1.165) is 60.7 Å². The number of halogens is 1. The minimum Gasteiger partial charge on any atom is -0.310 e. The van der Waals surface area contributed by atoms with Gasteiger partial charge in [0.15, 0.2) is 0 Å². The lowest BCUT2D eigenvalue weighted by Gasteiger charge is -2.31. The molecule has 2 aliphatic heterocycles. The van der Waals surface area contributed by atoms with Gasteiger partial charge in [-0.25, -0.2) is 14.1 Å². The van der Waals surface area contributed by atoms with E-state index in [1.54, 1.807) is 12.3 Å². The number of H-pyrrole nitrogens is 1. The third-order valence-electron chi connectivity index (χ3n) is 5.48. The van der Waals surface area contributed by atoms with Crippen LogP contribution in [0, 0.1) is 5.82 Å². The zero-order valence-corrected chi connectivity index (χ0v) is 14.1. The summed E-state index contributed by atoms with van der Waals surface area (Å²) in [5.74, 6) is 1.87. The van der Waals surface area contributed by atoms with Crippen molar-refractivity contribution in [3.63, 3.8) is 0 Å². The zero-order valence-electron chi connectivity index (χ0n) is 14.1. The van der Waals surface area contributed by atoms with Crippen molar-refractivity contribution < 1.29 is 4.39 Å². The Labute approximate surface area is 149 Å². The van der Waals surface area contributed by atoms with E-state index < -0.39 is 0 Å². The van der Waals surface area contributed by atoms with E-state index in [9.17, 15) is 0 Å². The predicted octanol–water partition coefficient (Wildman–Crippen LogP) is 3.59. The lowest BCUT2D eigenvalue weighted by molar-refractivity contribution is 0.545. The van der Waals surface area contributed by atoms with Gasteiger partial charge in [-0.2, -0.15) is 10.2 Å². The van der Waals surface area contributed by atoms with Gasteiger partial charge >= 0.3 is 0 Å². The number of nitrogens with one attached hydrogen (secondary N) is 1. The monoisotopic (exact) mass is 348 g/mol. The maximum Gasteiger partial charge on any atom is 0.145 e. The molecule has 6 nitrogen and oxygen atoms in total. The largest absolute Gasteiger partial charge is 0.310 e. The summed E-state index contributed by atoms with van der Waals surface area (Å²) in [6.45, 7) is 1.66. The van der Waals surface area contributed by atoms with E-state index in [2.05, 4.69) is 20.2 Å². The minimum atomic E-state index is -0.210. The van der Waals surface area contributed by atoms with Crippen LogP contribution in [0.5, 0.6) is 0 Å². The topological polar surface area (TPSA) is 62.1 Å². The summed E-state index contributed by atoms with van der Waals surface area (Å²) in [7, 11) is 0. The molecule has 130 valence electrons. The molecule has 0 bridgehead atoms. The number of aromatic amines is 1. The van der Waals surface area contributed by atoms with Crippen molar-refractivity contribution in [1.29, 1.82) is 0 Å². The summed E-state index contributed by atoms with van der Waals surface area (Å²) in [5.41, 5.74) is 4.24. The Bertz CT molecular complexity index is 1060. The van der Waals surface area contributed by atoms with Crippen molar-refractivity contribution in [2.24, 2.45) is 4.99 Å². The third-order valence-corrected chi connectivity index (χ3v) is 5.48. The normalized spacial score (nSPS) is 18.2. The standard InChI is InChI=1S/C19H17FN6/c20-14-4-1-3-12(11-5-6-11)16(14)18-23-15-10-21-24-17(15)13-9-22-26-8-2-7-25(18)19(13)26/h1,3-4,9-11H,2,5-8H2,(H,21,24). The van der Waals surface area contributed by atoms with Crippen LogP contribution in [0.25, 0.3) is 11.3 Å². The quantitative estimate of drug-likeness (QED) is 0.770. The zero-order chi connectivity index (χ0) is 17.3. The van der Waals surface area contributed by atoms with Crippen molar-refractivity contribution in [2.75, 3.05) is 11.4 Å². The van der Waals surface area contributed by atoms with E-state index in [-0.39, 0.29) is 5.82 Å². The second-order valence-corrected chi connectivity index (χ2v) is 7.15. The molecule has 3 aromatic rings. The van der Waals surface area contributed by atoms with Gasteiger partial charge < -0.3 is 4.90 Å². The van der Waals surface area contributed by atoms with E-state index in [1.807, 2.05) is 16.9 Å². The van der Waals surface area contributed by atoms with Gasteiger partial charge in [0.1, 0.15) is 23.2 Å². The van der Waals surface area contributed by atoms with Gasteiger partial charge in [-0.15, -0.1) is 0 Å². The first-order valence-electron chi connectivity index (χ1n) is 9.06. The summed E-state index contributed by atoms with van der Waals surface area (Å²) in [6.07, 6.45) is 6.74. The first-order chi connectivity index (χ1) is 12.8. The molecule has 0 atom stereocenters. The molecule has 6 rings (SSSR count). The van der Waals surface area contributed by atoms with Crippen LogP contribution in [0.15, 0.2) is 35.6 Å². The van der Waals surface area contributed by atoms with E-state index in [0.29, 0.717) is 17.3 Å². The second-order valence-electron chi connectivity index (χ2n) is 7.15. The maximum absolute atomic E-state index is 15.0. The van der Waals surface area contributed by atoms with E-state index in [1.165, 1.54) is 6.07 Å². The number of aromatic nitrogens is 4. The van der Waals surface area contributed by atoms with Gasteiger partial charge in [-0.1, -0.05) is 12.1 Å². The number of nitrogens with zero attached hydrogens (tertiary/aromatic N) is 5. The Morgan fingerprint density at radius 3 is 2.96 bits per heavy atom. The number of rotatable bonds is 2. The number of aliphatic imine (C=N–C) groups is 1. The predicted molar refractivity (Wildman–Crippen MR) is 96.3 cm³/mol. The smallest absolute Gasteiger partial charge is 0.145 e. The molecule has 1 aromatic carbocycles. The first kappa shape index (κ1) is 14.2. The van der Waals surface area contributed by atoms with Crippen molar-refractivity contribution in [1.82, 2.24) is 20.0 Å². The highest BCUT2D eigenvalue weighted by atomic mass is 19.1. The molecule has 4 heterocycles. The summed E-state index contributed by atoms with van der Waals surface area (Å²) in [6, 6.07) is 5.38. The fraction of sp³-hybridized carbons (Fsp3) is 0.316. The van der Waals surface area contributed by atoms with Crippen LogP contribution in [0.1, 0.15) is 36.3 Å². The van der Waals surface area contributed by atoms with Gasteiger partial charge in [-0.05, 0) is 36.8 Å². The average molecular weight is 348 g/mol. The summed E-state index contributed by atoms with van der Waals surface area (Å²) < 4.78 is 17.0. The number of hydrogen-bond acceptors (Lipinski definition) is 4. The number of anilines is 1. The Hall–Kier alpha value is -2.96. The number of amidine groups is 1. The van der Waals surface area contributed by atoms with Crippen LogP contribution in [-0.4, -0.2) is 32.4 Å². The van der Waals surface area contributed by atoms with Gasteiger partial charge in [0.2, 0.25) is 0 Å². The van der Waals surface area contributed by atoms with Crippen LogP contribution >= 0.6 is 0 Å². The molecule has 26 heavy (non-hydrogen) atoms. The van der Waals surface area contributed by atoms with Gasteiger partial charge in [0.05, 0.1) is 29.2 Å². The van der Waals surface area contributed by atoms with Gasteiger partial charge in [-0.3, -0.25) is 5.10 Å². The van der Waals surface area contributed by atoms with Crippen LogP contribution in [0.4, 0.5) is 15.9 Å². The number of hydrogen-bond donors (Lipinski definition) is 1. The molecule has 0 amide bonds. The van der Waals surface area contributed by atoms with Crippen molar-refractivity contribution >= 4 is 17.3 Å². The van der Waals surface area contributed by atoms with Crippen LogP contribution in [0.3, 0.4) is 0 Å². The number of fused-ring (bicyclic) bond motifs is 2. The van der Waals surface area contributed by atoms with Crippen LogP contribution < -0.4 is 4.90 Å².